The molecule has 1 saturated heterocycles. The molecule has 2 fully saturated rings. The van der Waals surface area contributed by atoms with Gasteiger partial charge < -0.3 is 0 Å². The number of nitrogens with zero attached hydrogens (tertiary/aromatic N) is 1. The van der Waals surface area contributed by atoms with Gasteiger partial charge in [-0.15, -0.1) is 11.6 Å². The number of hydrogen-bond donors (Lipinski definition) is 1. The molecule has 2 aliphatic rings. The maximum absolute atomic E-state index is 12.1. The van der Waals surface area contributed by atoms with Crippen molar-refractivity contribution in [2.75, 3.05) is 13.1 Å². The second-order valence-corrected chi connectivity index (χ2v) is 7.43. The Morgan fingerprint density at radius 3 is 2.65 bits per heavy atom. The summed E-state index contributed by atoms with van der Waals surface area (Å²) in [6.45, 7) is 2.96. The smallest absolute Gasteiger partial charge is 0.201 e. The molecule has 0 amide bonds. The van der Waals surface area contributed by atoms with Crippen LogP contribution in [0.1, 0.15) is 39.0 Å². The van der Waals surface area contributed by atoms with Crippen LogP contribution in [0.25, 0.3) is 0 Å². The minimum atomic E-state index is -3.33. The van der Waals surface area contributed by atoms with E-state index in [0.717, 1.165) is 32.1 Å². The molecule has 0 aromatic rings. The molecular formula is C11H21ClN2O2S. The molecule has 6 heteroatoms. The van der Waals surface area contributed by atoms with Crippen molar-refractivity contribution < 1.29 is 8.42 Å². The third-order valence-electron chi connectivity index (χ3n) is 3.65. The Balaban J connectivity index is 1.88. The maximum Gasteiger partial charge on any atom is 0.279 e. The Hall–Kier alpha value is 0.160. The highest BCUT2D eigenvalue weighted by atomic mass is 35.5. The van der Waals surface area contributed by atoms with Gasteiger partial charge in [-0.05, 0) is 38.5 Å². The number of piperidine rings is 1. The van der Waals surface area contributed by atoms with Gasteiger partial charge in [0.05, 0.1) is 0 Å². The standard InChI is InChI=1S/C11H21ClN2O2S/c1-9-4-2-3-7-14(9)17(15,16)13-8-11(12)10-5-6-10/h9-11,13H,2-8H2,1H3. The molecule has 0 bridgehead atoms. The van der Waals surface area contributed by atoms with E-state index in [1.807, 2.05) is 6.92 Å². The van der Waals surface area contributed by atoms with E-state index in [4.69, 9.17) is 11.6 Å². The lowest BCUT2D eigenvalue weighted by molar-refractivity contribution is 0.265. The number of hydrogen-bond acceptors (Lipinski definition) is 2. The molecular weight excluding hydrogens is 260 g/mol. The predicted octanol–water partition coefficient (Wildman–Crippen LogP) is 1.71. The van der Waals surface area contributed by atoms with E-state index >= 15 is 0 Å². The number of halogens is 1. The lowest BCUT2D eigenvalue weighted by Crippen LogP contribution is -2.49. The number of nitrogens with one attached hydrogen (secondary N) is 1. The minimum Gasteiger partial charge on any atom is -0.201 e. The van der Waals surface area contributed by atoms with E-state index in [1.165, 1.54) is 0 Å². The number of rotatable bonds is 5. The quantitative estimate of drug-likeness (QED) is 0.780. The van der Waals surface area contributed by atoms with Gasteiger partial charge in [-0.3, -0.25) is 0 Å². The van der Waals surface area contributed by atoms with Gasteiger partial charge in [-0.2, -0.15) is 12.7 Å². The van der Waals surface area contributed by atoms with Crippen LogP contribution in [0.3, 0.4) is 0 Å². The van der Waals surface area contributed by atoms with E-state index in [9.17, 15) is 8.42 Å². The summed E-state index contributed by atoms with van der Waals surface area (Å²) in [7, 11) is -3.33. The molecule has 2 unspecified atom stereocenters. The van der Waals surface area contributed by atoms with Gasteiger partial charge in [0.25, 0.3) is 10.2 Å². The van der Waals surface area contributed by atoms with Crippen LogP contribution in [0.5, 0.6) is 0 Å². The highest BCUT2D eigenvalue weighted by Gasteiger charge is 2.33. The van der Waals surface area contributed by atoms with Gasteiger partial charge >= 0.3 is 0 Å². The van der Waals surface area contributed by atoms with Gasteiger partial charge in [0.15, 0.2) is 0 Å². The maximum atomic E-state index is 12.1. The Morgan fingerprint density at radius 2 is 2.06 bits per heavy atom. The largest absolute Gasteiger partial charge is 0.279 e. The molecule has 1 saturated carbocycles. The lowest BCUT2D eigenvalue weighted by atomic mass is 10.1. The van der Waals surface area contributed by atoms with E-state index in [1.54, 1.807) is 4.31 Å². The van der Waals surface area contributed by atoms with Crippen molar-refractivity contribution in [2.45, 2.75) is 50.4 Å². The molecule has 1 aliphatic carbocycles. The highest BCUT2D eigenvalue weighted by Crippen LogP contribution is 2.35. The zero-order chi connectivity index (χ0) is 12.5. The molecule has 1 heterocycles. The fourth-order valence-electron chi connectivity index (χ4n) is 2.32. The summed E-state index contributed by atoms with van der Waals surface area (Å²) in [5, 5.41) is -0.0510. The first-order valence-corrected chi connectivity index (χ1v) is 8.29. The normalized spacial score (nSPS) is 29.2. The van der Waals surface area contributed by atoms with Crippen molar-refractivity contribution in [1.82, 2.24) is 9.03 Å². The average Bonchev–Trinajstić information content (AvgIpc) is 3.10. The van der Waals surface area contributed by atoms with Crippen LogP contribution in [0.2, 0.25) is 0 Å². The Labute approximate surface area is 109 Å². The van der Waals surface area contributed by atoms with Crippen molar-refractivity contribution in [2.24, 2.45) is 5.92 Å². The fourth-order valence-corrected chi connectivity index (χ4v) is 4.25. The summed E-state index contributed by atoms with van der Waals surface area (Å²) in [6, 6.07) is 0.107. The molecule has 1 aliphatic heterocycles. The molecule has 4 nitrogen and oxygen atoms in total. The Kier molecular flexibility index (Phi) is 4.34. The van der Waals surface area contributed by atoms with Crippen LogP contribution < -0.4 is 4.72 Å². The van der Waals surface area contributed by atoms with Crippen LogP contribution in [0, 0.1) is 5.92 Å². The molecule has 17 heavy (non-hydrogen) atoms. The lowest BCUT2D eigenvalue weighted by Gasteiger charge is -2.32. The second-order valence-electron chi connectivity index (χ2n) is 5.16. The van der Waals surface area contributed by atoms with E-state index in [2.05, 4.69) is 4.72 Å². The highest BCUT2D eigenvalue weighted by molar-refractivity contribution is 7.87. The summed E-state index contributed by atoms with van der Waals surface area (Å²) in [4.78, 5) is 0. The molecule has 2 atom stereocenters. The topological polar surface area (TPSA) is 49.4 Å². The summed E-state index contributed by atoms with van der Waals surface area (Å²) >= 11 is 6.11. The third kappa shape index (κ3) is 3.56. The van der Waals surface area contributed by atoms with Crippen LogP contribution in [-0.2, 0) is 10.2 Å². The third-order valence-corrected chi connectivity index (χ3v) is 5.85. The van der Waals surface area contributed by atoms with Crippen LogP contribution >= 0.6 is 11.6 Å². The van der Waals surface area contributed by atoms with Gasteiger partial charge in [0.2, 0.25) is 0 Å². The summed E-state index contributed by atoms with van der Waals surface area (Å²) in [5.74, 6) is 0.512. The van der Waals surface area contributed by atoms with Crippen LogP contribution in [0.15, 0.2) is 0 Å². The summed E-state index contributed by atoms with van der Waals surface area (Å²) in [6.07, 6.45) is 5.30. The molecule has 2 rings (SSSR count). The average molecular weight is 281 g/mol. The van der Waals surface area contributed by atoms with Gasteiger partial charge in [0, 0.05) is 24.5 Å². The van der Waals surface area contributed by atoms with E-state index in [-0.39, 0.29) is 11.4 Å². The first kappa shape index (κ1) is 13.6. The minimum absolute atomic E-state index is 0.0510. The molecule has 0 spiro atoms. The second kappa shape index (κ2) is 5.43. The van der Waals surface area contributed by atoms with E-state index in [0.29, 0.717) is 19.0 Å². The van der Waals surface area contributed by atoms with Crippen molar-refractivity contribution in [3.63, 3.8) is 0 Å². The van der Waals surface area contributed by atoms with Crippen molar-refractivity contribution >= 4 is 21.8 Å². The molecule has 1 N–H and O–H groups in total. The SMILES string of the molecule is CC1CCCCN1S(=O)(=O)NCC(Cl)C1CC1. The van der Waals surface area contributed by atoms with Gasteiger partial charge in [-0.1, -0.05) is 6.42 Å². The van der Waals surface area contributed by atoms with Crippen molar-refractivity contribution in [3.05, 3.63) is 0 Å². The molecule has 0 aromatic heterocycles. The monoisotopic (exact) mass is 280 g/mol. The van der Waals surface area contributed by atoms with Crippen LogP contribution in [-0.4, -0.2) is 37.2 Å². The Bertz CT molecular complexity index is 356. The first-order valence-electron chi connectivity index (χ1n) is 6.41. The zero-order valence-electron chi connectivity index (χ0n) is 10.2. The Morgan fingerprint density at radius 1 is 1.35 bits per heavy atom. The molecule has 0 radical (unpaired) electrons. The van der Waals surface area contributed by atoms with Gasteiger partial charge in [-0.25, -0.2) is 4.72 Å². The van der Waals surface area contributed by atoms with Crippen molar-refractivity contribution in [3.8, 4) is 0 Å². The zero-order valence-corrected chi connectivity index (χ0v) is 11.8. The number of alkyl halides is 1. The molecule has 100 valence electrons. The predicted molar refractivity (Wildman–Crippen MR) is 69.3 cm³/mol. The van der Waals surface area contributed by atoms with Crippen LogP contribution in [0.4, 0.5) is 0 Å². The van der Waals surface area contributed by atoms with Gasteiger partial charge in [0.1, 0.15) is 0 Å². The molecule has 0 aromatic carbocycles. The van der Waals surface area contributed by atoms with E-state index < -0.39 is 10.2 Å². The summed E-state index contributed by atoms with van der Waals surface area (Å²) in [5.41, 5.74) is 0. The first-order chi connectivity index (χ1) is 8.00. The fraction of sp³-hybridized carbons (Fsp3) is 1.00. The van der Waals surface area contributed by atoms with Crippen molar-refractivity contribution in [1.29, 1.82) is 0 Å². The summed E-state index contributed by atoms with van der Waals surface area (Å²) < 4.78 is 28.4.